The molecule has 1 aliphatic rings. The number of aromatic hydroxyl groups is 3. The van der Waals surface area contributed by atoms with Gasteiger partial charge in [0.2, 0.25) is 0 Å². The molecular weight excluding hydrogens is 342 g/mol. The number of phenols is 3. The predicted molar refractivity (Wildman–Crippen MR) is 106 cm³/mol. The summed E-state index contributed by atoms with van der Waals surface area (Å²) in [5, 5.41) is 30.9. The van der Waals surface area contributed by atoms with Gasteiger partial charge in [-0.05, 0) is 36.4 Å². The van der Waals surface area contributed by atoms with Crippen LogP contribution in [-0.2, 0) is 0 Å². The fraction of sp³-hybridized carbons (Fsp3) is 0.143. The van der Waals surface area contributed by atoms with E-state index in [9.17, 15) is 15.3 Å². The number of nitrogens with zero attached hydrogens (tertiary/aromatic N) is 3. The maximum Gasteiger partial charge on any atom is 0.138 e. The van der Waals surface area contributed by atoms with Crippen LogP contribution in [0.2, 0.25) is 0 Å². The van der Waals surface area contributed by atoms with Gasteiger partial charge in [-0.15, -0.1) is 0 Å². The van der Waals surface area contributed by atoms with Crippen molar-refractivity contribution in [3.63, 3.8) is 0 Å². The van der Waals surface area contributed by atoms with Crippen LogP contribution in [0.4, 0.5) is 17.1 Å². The van der Waals surface area contributed by atoms with E-state index < -0.39 is 0 Å². The van der Waals surface area contributed by atoms with Crippen molar-refractivity contribution in [3.05, 3.63) is 72.8 Å². The third-order valence-electron chi connectivity index (χ3n) is 4.69. The summed E-state index contributed by atoms with van der Waals surface area (Å²) in [5.41, 5.74) is 2.08. The van der Waals surface area contributed by atoms with Crippen LogP contribution in [0, 0.1) is 0 Å². The Morgan fingerprint density at radius 1 is 0.444 bits per heavy atom. The van der Waals surface area contributed by atoms with E-state index in [4.69, 9.17) is 0 Å². The normalized spacial score (nSPS) is 14.4. The first kappa shape index (κ1) is 16.9. The summed E-state index contributed by atoms with van der Waals surface area (Å²) >= 11 is 0. The van der Waals surface area contributed by atoms with Crippen molar-refractivity contribution in [3.8, 4) is 17.2 Å². The first-order valence-corrected chi connectivity index (χ1v) is 8.72. The Bertz CT molecular complexity index is 819. The fourth-order valence-corrected chi connectivity index (χ4v) is 3.40. The highest BCUT2D eigenvalue weighted by molar-refractivity contribution is 5.67. The molecule has 0 amide bonds. The van der Waals surface area contributed by atoms with Gasteiger partial charge in [0.25, 0.3) is 0 Å². The monoisotopic (exact) mass is 363 g/mol. The Morgan fingerprint density at radius 2 is 0.704 bits per heavy atom. The number of para-hydroxylation sites is 6. The molecule has 6 heteroatoms. The Hall–Kier alpha value is -3.54. The van der Waals surface area contributed by atoms with E-state index in [1.807, 2.05) is 51.1 Å². The molecular formula is C21H21N3O3. The van der Waals surface area contributed by atoms with E-state index in [2.05, 4.69) is 0 Å². The van der Waals surface area contributed by atoms with Crippen molar-refractivity contribution < 1.29 is 15.3 Å². The van der Waals surface area contributed by atoms with Crippen LogP contribution in [0.25, 0.3) is 0 Å². The van der Waals surface area contributed by atoms with E-state index in [-0.39, 0.29) is 17.2 Å². The molecule has 0 aliphatic carbocycles. The first-order chi connectivity index (χ1) is 13.1. The molecule has 0 aromatic heterocycles. The standard InChI is InChI=1S/C21H21N3O3/c25-19-10-4-1-7-16(19)22-13-23(17-8-2-5-11-20(17)26)15-24(14-22)18-9-3-6-12-21(18)27/h1-12,25-27H,13-15H2. The van der Waals surface area contributed by atoms with Crippen LogP contribution in [0.3, 0.4) is 0 Å². The molecule has 1 aliphatic heterocycles. The summed E-state index contributed by atoms with van der Waals surface area (Å²) in [7, 11) is 0. The lowest BCUT2D eigenvalue weighted by Crippen LogP contribution is -2.55. The van der Waals surface area contributed by atoms with Gasteiger partial charge in [-0.1, -0.05) is 36.4 Å². The largest absolute Gasteiger partial charge is 0.506 e. The van der Waals surface area contributed by atoms with Gasteiger partial charge in [-0.25, -0.2) is 0 Å². The first-order valence-electron chi connectivity index (χ1n) is 8.72. The highest BCUT2D eigenvalue weighted by atomic mass is 16.3. The maximum absolute atomic E-state index is 10.3. The summed E-state index contributed by atoms with van der Waals surface area (Å²) in [4.78, 5) is 5.99. The summed E-state index contributed by atoms with van der Waals surface area (Å²) in [6.45, 7) is 1.46. The van der Waals surface area contributed by atoms with Crippen LogP contribution in [0.5, 0.6) is 17.2 Å². The van der Waals surface area contributed by atoms with Gasteiger partial charge in [-0.2, -0.15) is 0 Å². The molecule has 0 unspecified atom stereocenters. The average Bonchev–Trinajstić information content (AvgIpc) is 2.69. The van der Waals surface area contributed by atoms with E-state index in [0.29, 0.717) is 37.1 Å². The van der Waals surface area contributed by atoms with E-state index >= 15 is 0 Å². The third-order valence-corrected chi connectivity index (χ3v) is 4.69. The molecule has 138 valence electrons. The quantitative estimate of drug-likeness (QED) is 0.662. The smallest absolute Gasteiger partial charge is 0.138 e. The predicted octanol–water partition coefficient (Wildman–Crippen LogP) is 3.51. The minimum Gasteiger partial charge on any atom is -0.506 e. The number of hydrogen-bond donors (Lipinski definition) is 3. The SMILES string of the molecule is Oc1ccccc1N1CN(c2ccccc2O)CN(c2ccccc2O)C1. The topological polar surface area (TPSA) is 70.4 Å². The van der Waals surface area contributed by atoms with Crippen molar-refractivity contribution in [1.29, 1.82) is 0 Å². The Labute approximate surface area is 157 Å². The van der Waals surface area contributed by atoms with Crippen LogP contribution < -0.4 is 14.7 Å². The van der Waals surface area contributed by atoms with Gasteiger partial charge in [0.1, 0.15) is 17.2 Å². The van der Waals surface area contributed by atoms with Crippen molar-refractivity contribution in [2.24, 2.45) is 0 Å². The molecule has 1 heterocycles. The highest BCUT2D eigenvalue weighted by Gasteiger charge is 2.27. The Morgan fingerprint density at radius 3 is 0.963 bits per heavy atom. The third kappa shape index (κ3) is 3.29. The molecule has 3 aromatic rings. The molecule has 0 bridgehead atoms. The molecule has 3 N–H and O–H groups in total. The Kier molecular flexibility index (Phi) is 4.38. The van der Waals surface area contributed by atoms with Crippen LogP contribution in [0.15, 0.2) is 72.8 Å². The zero-order valence-corrected chi connectivity index (χ0v) is 14.7. The lowest BCUT2D eigenvalue weighted by molar-refractivity contribution is 0.461. The second-order valence-corrected chi connectivity index (χ2v) is 6.51. The zero-order chi connectivity index (χ0) is 18.8. The van der Waals surface area contributed by atoms with Gasteiger partial charge in [0.15, 0.2) is 0 Å². The molecule has 27 heavy (non-hydrogen) atoms. The number of benzene rings is 3. The van der Waals surface area contributed by atoms with Gasteiger partial charge >= 0.3 is 0 Å². The van der Waals surface area contributed by atoms with E-state index in [0.717, 1.165) is 0 Å². The zero-order valence-electron chi connectivity index (χ0n) is 14.7. The average molecular weight is 363 g/mol. The lowest BCUT2D eigenvalue weighted by Gasteiger charge is -2.45. The highest BCUT2D eigenvalue weighted by Crippen LogP contribution is 2.36. The molecule has 0 spiro atoms. The van der Waals surface area contributed by atoms with Crippen LogP contribution in [0.1, 0.15) is 0 Å². The second-order valence-electron chi connectivity index (χ2n) is 6.51. The van der Waals surface area contributed by atoms with Crippen LogP contribution in [-0.4, -0.2) is 35.3 Å². The summed E-state index contributed by atoms with van der Waals surface area (Å²) in [5.74, 6) is 0.566. The number of rotatable bonds is 3. The summed E-state index contributed by atoms with van der Waals surface area (Å²) in [6.07, 6.45) is 0. The summed E-state index contributed by atoms with van der Waals surface area (Å²) < 4.78 is 0. The van der Waals surface area contributed by atoms with E-state index in [1.165, 1.54) is 0 Å². The summed E-state index contributed by atoms with van der Waals surface area (Å²) in [6, 6.07) is 21.5. The van der Waals surface area contributed by atoms with Crippen molar-refractivity contribution in [2.75, 3.05) is 34.7 Å². The number of anilines is 3. The lowest BCUT2D eigenvalue weighted by atomic mass is 10.2. The molecule has 1 saturated heterocycles. The van der Waals surface area contributed by atoms with Crippen molar-refractivity contribution in [2.45, 2.75) is 0 Å². The van der Waals surface area contributed by atoms with Crippen molar-refractivity contribution in [1.82, 2.24) is 0 Å². The minimum atomic E-state index is 0.189. The van der Waals surface area contributed by atoms with Gasteiger partial charge in [0, 0.05) is 0 Å². The second kappa shape index (κ2) is 6.99. The number of hydrogen-bond acceptors (Lipinski definition) is 6. The molecule has 3 aromatic carbocycles. The van der Waals surface area contributed by atoms with E-state index in [1.54, 1.807) is 36.4 Å². The molecule has 6 nitrogen and oxygen atoms in total. The minimum absolute atomic E-state index is 0.189. The van der Waals surface area contributed by atoms with Crippen molar-refractivity contribution >= 4 is 17.1 Å². The molecule has 0 radical (unpaired) electrons. The molecule has 0 atom stereocenters. The maximum atomic E-state index is 10.3. The van der Waals surface area contributed by atoms with Crippen LogP contribution >= 0.6 is 0 Å². The molecule has 4 rings (SSSR count). The molecule has 1 fully saturated rings. The van der Waals surface area contributed by atoms with Gasteiger partial charge in [-0.3, -0.25) is 0 Å². The van der Waals surface area contributed by atoms with Gasteiger partial charge < -0.3 is 30.0 Å². The molecule has 0 saturated carbocycles. The number of phenolic OH excluding ortho intramolecular Hbond substituents is 3. The van der Waals surface area contributed by atoms with Gasteiger partial charge in [0.05, 0.1) is 37.1 Å². The Balaban J connectivity index is 1.74. The fourth-order valence-electron chi connectivity index (χ4n) is 3.40.